The summed E-state index contributed by atoms with van der Waals surface area (Å²) in [5.74, 6) is 1.57. The molecule has 2 heteroatoms. The van der Waals surface area contributed by atoms with Crippen LogP contribution in [-0.4, -0.2) is 8.53 Å². The summed E-state index contributed by atoms with van der Waals surface area (Å²) in [5.41, 5.74) is 1.32. The van der Waals surface area contributed by atoms with Crippen molar-refractivity contribution in [2.24, 2.45) is 5.92 Å². The fraction of sp³-hybridized carbons (Fsp3) is 0.571. The van der Waals surface area contributed by atoms with Gasteiger partial charge in [0.2, 0.25) is 0 Å². The Morgan fingerprint density at radius 3 is 2.06 bits per heavy atom. The van der Waals surface area contributed by atoms with E-state index in [0.717, 1.165) is 0 Å². The molecule has 0 saturated heterocycles. The van der Waals surface area contributed by atoms with Gasteiger partial charge in [0.15, 0.2) is 0 Å². The number of hydrogen-bond acceptors (Lipinski definition) is 1. The van der Waals surface area contributed by atoms with Crippen LogP contribution in [0.25, 0.3) is 0 Å². The van der Waals surface area contributed by atoms with E-state index >= 15 is 0 Å². The van der Waals surface area contributed by atoms with Crippen LogP contribution in [0, 0.1) is 5.92 Å². The molecule has 0 radical (unpaired) electrons. The number of phenolic OH excluding ortho intramolecular Hbond substituents is 1. The fourth-order valence-electron chi connectivity index (χ4n) is 1.99. The van der Waals surface area contributed by atoms with Gasteiger partial charge in [0.1, 0.15) is 5.75 Å². The van der Waals surface area contributed by atoms with Crippen molar-refractivity contribution in [1.29, 1.82) is 0 Å². The van der Waals surface area contributed by atoms with Gasteiger partial charge in [0.05, 0.1) is 0 Å². The average Bonchev–Trinajstić information content (AvgIpc) is 2.14. The van der Waals surface area contributed by atoms with Gasteiger partial charge in [-0.1, -0.05) is 62.4 Å². The zero-order chi connectivity index (χ0) is 12.3. The number of rotatable bonds is 4. The topological polar surface area (TPSA) is 20.2 Å². The zero-order valence-corrected chi connectivity index (χ0v) is 12.7. The highest BCUT2D eigenvalue weighted by atomic mass is 127. The first kappa shape index (κ1) is 13.8. The smallest absolute Gasteiger partial charge is 0.115 e. The summed E-state index contributed by atoms with van der Waals surface area (Å²) in [6.07, 6.45) is 1.18. The van der Waals surface area contributed by atoms with E-state index in [4.69, 9.17) is 0 Å². The summed E-state index contributed by atoms with van der Waals surface area (Å²) in [5, 5.41) is 9.32. The van der Waals surface area contributed by atoms with Gasteiger partial charge in [-0.15, -0.1) is 0 Å². The largest absolute Gasteiger partial charge is 0.508 e. The molecule has 1 N–H and O–H groups in total. The molecule has 0 saturated carbocycles. The number of alkyl halides is 1. The van der Waals surface area contributed by atoms with Gasteiger partial charge in [-0.3, -0.25) is 0 Å². The van der Waals surface area contributed by atoms with E-state index in [1.54, 1.807) is 12.1 Å². The predicted octanol–water partition coefficient (Wildman–Crippen LogP) is 4.74. The minimum Gasteiger partial charge on any atom is -0.508 e. The Morgan fingerprint density at radius 1 is 1.19 bits per heavy atom. The molecule has 1 atom stereocenters. The molecule has 0 amide bonds. The Morgan fingerprint density at radius 2 is 1.69 bits per heavy atom. The van der Waals surface area contributed by atoms with Crippen LogP contribution in [0.4, 0.5) is 0 Å². The Balaban J connectivity index is 2.97. The highest BCUT2D eigenvalue weighted by molar-refractivity contribution is 14.1. The van der Waals surface area contributed by atoms with Crippen LogP contribution in [0.1, 0.15) is 45.6 Å². The lowest BCUT2D eigenvalue weighted by Crippen LogP contribution is -2.23. The van der Waals surface area contributed by atoms with E-state index in [1.165, 1.54) is 12.0 Å². The first-order valence-corrected chi connectivity index (χ1v) is 6.86. The van der Waals surface area contributed by atoms with E-state index < -0.39 is 0 Å². The number of aromatic hydroxyl groups is 1. The van der Waals surface area contributed by atoms with Crippen LogP contribution in [0.15, 0.2) is 24.3 Å². The molecule has 16 heavy (non-hydrogen) atoms. The molecule has 0 heterocycles. The summed E-state index contributed by atoms with van der Waals surface area (Å²) in [6.45, 7) is 9.06. The molecular weight excluding hydrogens is 311 g/mol. The van der Waals surface area contributed by atoms with Gasteiger partial charge in [-0.2, -0.15) is 0 Å². The van der Waals surface area contributed by atoms with Crippen molar-refractivity contribution in [3.63, 3.8) is 0 Å². The van der Waals surface area contributed by atoms with Crippen LogP contribution >= 0.6 is 22.6 Å². The Kier molecular flexibility index (Phi) is 4.65. The maximum absolute atomic E-state index is 9.32. The fourth-order valence-corrected chi connectivity index (χ4v) is 2.60. The second-order valence-corrected chi connectivity index (χ2v) is 8.12. The molecule has 0 aliphatic rings. The molecule has 0 aliphatic heterocycles. The number of benzene rings is 1. The van der Waals surface area contributed by atoms with Gasteiger partial charge < -0.3 is 5.11 Å². The monoisotopic (exact) mass is 332 g/mol. The lowest BCUT2D eigenvalue weighted by atomic mass is 9.82. The highest BCUT2D eigenvalue weighted by Gasteiger charge is 2.28. The van der Waals surface area contributed by atoms with Crippen molar-refractivity contribution in [3.8, 4) is 5.75 Å². The minimum absolute atomic E-state index is 0.235. The van der Waals surface area contributed by atoms with Gasteiger partial charge >= 0.3 is 0 Å². The summed E-state index contributed by atoms with van der Waals surface area (Å²) in [7, 11) is 0. The molecule has 0 aliphatic carbocycles. The van der Waals surface area contributed by atoms with E-state index in [9.17, 15) is 5.11 Å². The number of phenols is 1. The van der Waals surface area contributed by atoms with Crippen molar-refractivity contribution in [3.05, 3.63) is 29.8 Å². The van der Waals surface area contributed by atoms with E-state index in [0.29, 0.717) is 17.6 Å². The van der Waals surface area contributed by atoms with Gasteiger partial charge in [-0.25, -0.2) is 0 Å². The molecule has 1 unspecified atom stereocenters. The van der Waals surface area contributed by atoms with Crippen LogP contribution in [-0.2, 0) is 0 Å². The predicted molar refractivity (Wildman–Crippen MR) is 78.4 cm³/mol. The van der Waals surface area contributed by atoms with Gasteiger partial charge in [0, 0.05) is 3.42 Å². The second-order valence-electron chi connectivity index (χ2n) is 5.34. The Hall–Kier alpha value is -0.250. The maximum atomic E-state index is 9.32. The molecule has 0 fully saturated rings. The quantitative estimate of drug-likeness (QED) is 0.624. The van der Waals surface area contributed by atoms with Crippen molar-refractivity contribution in [2.75, 3.05) is 0 Å². The average molecular weight is 332 g/mol. The minimum atomic E-state index is 0.235. The van der Waals surface area contributed by atoms with Gasteiger partial charge in [-0.05, 0) is 36.0 Å². The molecule has 1 nitrogen and oxygen atoms in total. The summed E-state index contributed by atoms with van der Waals surface area (Å²) >= 11 is 2.52. The zero-order valence-electron chi connectivity index (χ0n) is 10.5. The van der Waals surface area contributed by atoms with E-state index in [-0.39, 0.29) is 3.42 Å². The number of halogens is 1. The Labute approximate surface area is 112 Å². The third-order valence-electron chi connectivity index (χ3n) is 2.83. The molecule has 1 rings (SSSR count). The third kappa shape index (κ3) is 3.96. The van der Waals surface area contributed by atoms with Crippen molar-refractivity contribution in [1.82, 2.24) is 0 Å². The summed E-state index contributed by atoms with van der Waals surface area (Å²) < 4.78 is 0.235. The van der Waals surface area contributed by atoms with Gasteiger partial charge in [0.25, 0.3) is 0 Å². The molecule has 0 spiro atoms. The van der Waals surface area contributed by atoms with Crippen molar-refractivity contribution in [2.45, 2.75) is 43.5 Å². The van der Waals surface area contributed by atoms with E-state index in [1.807, 2.05) is 12.1 Å². The maximum Gasteiger partial charge on any atom is 0.115 e. The summed E-state index contributed by atoms with van der Waals surface area (Å²) in [6, 6.07) is 7.65. The molecule has 1 aromatic rings. The molecule has 90 valence electrons. The van der Waals surface area contributed by atoms with Crippen LogP contribution in [0.2, 0.25) is 0 Å². The summed E-state index contributed by atoms with van der Waals surface area (Å²) in [4.78, 5) is 0. The van der Waals surface area contributed by atoms with Crippen LogP contribution in [0.5, 0.6) is 5.75 Å². The molecular formula is C14H21IO. The first-order valence-electron chi connectivity index (χ1n) is 5.78. The van der Waals surface area contributed by atoms with E-state index in [2.05, 4.69) is 50.3 Å². The standard InChI is InChI=1S/C14H21IO/c1-10(2)9-13(14(3,4)15)11-5-7-12(16)8-6-11/h5-8,10,13,16H,9H2,1-4H3. The van der Waals surface area contributed by atoms with Crippen LogP contribution < -0.4 is 0 Å². The highest BCUT2D eigenvalue weighted by Crippen LogP contribution is 2.40. The lowest BCUT2D eigenvalue weighted by Gasteiger charge is -2.31. The number of hydrogen-bond donors (Lipinski definition) is 1. The normalized spacial score (nSPS) is 14.1. The third-order valence-corrected chi connectivity index (χ3v) is 3.58. The molecule has 1 aromatic carbocycles. The SMILES string of the molecule is CC(C)CC(c1ccc(O)cc1)C(C)(C)I. The Bertz CT molecular complexity index is 322. The van der Waals surface area contributed by atoms with Crippen molar-refractivity contribution >= 4 is 22.6 Å². The first-order chi connectivity index (χ1) is 7.30. The molecule has 0 bridgehead atoms. The lowest BCUT2D eigenvalue weighted by molar-refractivity contribution is 0.446. The van der Waals surface area contributed by atoms with Crippen LogP contribution in [0.3, 0.4) is 0 Å². The molecule has 0 aromatic heterocycles. The second kappa shape index (κ2) is 5.39. The van der Waals surface area contributed by atoms with Crippen molar-refractivity contribution < 1.29 is 5.11 Å².